The topological polar surface area (TPSA) is 92.2 Å². The Balaban J connectivity index is 1.66. The molecule has 2 N–H and O–H groups in total. The van der Waals surface area contributed by atoms with Crippen molar-refractivity contribution in [3.8, 4) is 17.1 Å². The minimum absolute atomic E-state index is 0.0761. The largest absolute Gasteiger partial charge is 0.497 e. The van der Waals surface area contributed by atoms with Gasteiger partial charge in [-0.1, -0.05) is 23.2 Å². The molecule has 0 aliphatic rings. The number of likely N-dealkylation sites (N-methyl/N-ethyl adjacent to an activating group) is 1. The maximum atomic E-state index is 12.7. The highest BCUT2D eigenvalue weighted by atomic mass is 35.5. The van der Waals surface area contributed by atoms with Crippen molar-refractivity contribution < 1.29 is 14.3 Å². The summed E-state index contributed by atoms with van der Waals surface area (Å²) in [6.45, 7) is -0.227. The Kier molecular flexibility index (Phi) is 7.32. The van der Waals surface area contributed by atoms with Crippen LogP contribution in [0, 0.1) is 4.77 Å². The van der Waals surface area contributed by atoms with Crippen molar-refractivity contribution in [2.24, 2.45) is 0 Å². The van der Waals surface area contributed by atoms with Crippen molar-refractivity contribution in [2.45, 2.75) is 6.54 Å². The molecule has 0 aliphatic heterocycles. The molecular weight excluding hydrogens is 461 g/mol. The molecule has 0 spiro atoms. The van der Waals surface area contributed by atoms with Crippen LogP contribution in [0.5, 0.6) is 5.75 Å². The first kappa shape index (κ1) is 22.8. The Labute approximate surface area is 193 Å². The Bertz CT molecular complexity index is 1160. The van der Waals surface area contributed by atoms with E-state index in [-0.39, 0.29) is 24.9 Å². The van der Waals surface area contributed by atoms with Gasteiger partial charge in [-0.15, -0.1) is 0 Å². The minimum atomic E-state index is -0.375. The maximum absolute atomic E-state index is 12.7. The van der Waals surface area contributed by atoms with Gasteiger partial charge in [0.1, 0.15) is 12.3 Å². The van der Waals surface area contributed by atoms with Gasteiger partial charge < -0.3 is 15.0 Å². The van der Waals surface area contributed by atoms with Gasteiger partial charge in [0.05, 0.1) is 23.7 Å². The lowest BCUT2D eigenvalue weighted by Gasteiger charge is -2.18. The van der Waals surface area contributed by atoms with Gasteiger partial charge in [-0.25, -0.2) is 0 Å². The van der Waals surface area contributed by atoms with Gasteiger partial charge in [-0.3, -0.25) is 19.3 Å². The first-order valence-corrected chi connectivity index (χ1v) is 10.2. The molecule has 0 unspecified atom stereocenters. The molecule has 31 heavy (non-hydrogen) atoms. The van der Waals surface area contributed by atoms with Crippen LogP contribution >= 0.6 is 35.4 Å². The summed E-state index contributed by atoms with van der Waals surface area (Å²) in [5.74, 6) is 0.528. The third-order valence-corrected chi connectivity index (χ3v) is 5.46. The molecule has 0 atom stereocenters. The number of carbonyl (C=O) groups is 2. The molecule has 0 bridgehead atoms. The predicted octanol–water partition coefficient (Wildman–Crippen LogP) is 4.02. The second kappa shape index (κ2) is 9.95. The molecule has 1 aromatic heterocycles. The molecule has 1 heterocycles. The van der Waals surface area contributed by atoms with Gasteiger partial charge in [-0.05, 0) is 54.7 Å². The lowest BCUT2D eigenvalue weighted by Crippen LogP contribution is -2.37. The second-order valence-electron chi connectivity index (χ2n) is 6.59. The zero-order valence-corrected chi connectivity index (χ0v) is 19.0. The number of hydrogen-bond acceptors (Lipinski definition) is 5. The van der Waals surface area contributed by atoms with Gasteiger partial charge in [0.15, 0.2) is 10.6 Å². The molecule has 11 heteroatoms. The molecule has 0 saturated heterocycles. The Hall–Kier alpha value is -2.88. The average molecular weight is 480 g/mol. The molecule has 0 saturated carbocycles. The molecule has 3 rings (SSSR count). The number of aromatic amines is 1. The monoisotopic (exact) mass is 479 g/mol. The quantitative estimate of drug-likeness (QED) is 0.499. The van der Waals surface area contributed by atoms with Gasteiger partial charge >= 0.3 is 0 Å². The van der Waals surface area contributed by atoms with Crippen LogP contribution in [-0.4, -0.2) is 52.2 Å². The van der Waals surface area contributed by atoms with E-state index in [4.69, 9.17) is 40.2 Å². The van der Waals surface area contributed by atoms with Crippen LogP contribution in [0.3, 0.4) is 0 Å². The number of hydrogen-bond donors (Lipinski definition) is 2. The van der Waals surface area contributed by atoms with Gasteiger partial charge in [-0.2, -0.15) is 5.10 Å². The molecule has 2 aromatic carbocycles. The summed E-state index contributed by atoms with van der Waals surface area (Å²) in [7, 11) is 3.12. The number of benzene rings is 2. The van der Waals surface area contributed by atoms with Crippen LogP contribution in [0.15, 0.2) is 42.5 Å². The van der Waals surface area contributed by atoms with Crippen molar-refractivity contribution >= 4 is 52.9 Å². The highest BCUT2D eigenvalue weighted by molar-refractivity contribution is 7.71. The summed E-state index contributed by atoms with van der Waals surface area (Å²) >= 11 is 17.1. The maximum Gasteiger partial charge on any atom is 0.243 e. The summed E-state index contributed by atoms with van der Waals surface area (Å²) in [5.41, 5.74) is 1.25. The van der Waals surface area contributed by atoms with Gasteiger partial charge in [0, 0.05) is 18.3 Å². The SMILES string of the molecule is COc1ccc(-c2n[nH]c(=S)n2CC(=O)N(C)CC(=O)Nc2ccc(Cl)c(Cl)c2)cc1. The van der Waals surface area contributed by atoms with E-state index in [1.54, 1.807) is 35.9 Å². The summed E-state index contributed by atoms with van der Waals surface area (Å²) in [6, 6.07) is 12.0. The minimum Gasteiger partial charge on any atom is -0.497 e. The van der Waals surface area contributed by atoms with Crippen LogP contribution in [0.2, 0.25) is 10.0 Å². The zero-order chi connectivity index (χ0) is 22.5. The second-order valence-corrected chi connectivity index (χ2v) is 7.79. The fraction of sp³-hybridized carbons (Fsp3) is 0.200. The molecule has 0 radical (unpaired) electrons. The number of aromatic nitrogens is 3. The van der Waals surface area contributed by atoms with E-state index in [2.05, 4.69) is 15.5 Å². The molecular formula is C20H19Cl2N5O3S. The molecule has 2 amide bonds. The average Bonchev–Trinajstić information content (AvgIpc) is 3.10. The number of anilines is 1. The summed E-state index contributed by atoms with van der Waals surface area (Å²) < 4.78 is 7.04. The van der Waals surface area contributed by atoms with Gasteiger partial charge in [0.2, 0.25) is 11.8 Å². The first-order chi connectivity index (χ1) is 14.8. The third-order valence-electron chi connectivity index (χ3n) is 4.41. The molecule has 162 valence electrons. The predicted molar refractivity (Wildman–Crippen MR) is 122 cm³/mol. The molecule has 0 fully saturated rings. The van der Waals surface area contributed by atoms with Crippen molar-refractivity contribution in [3.63, 3.8) is 0 Å². The van der Waals surface area contributed by atoms with E-state index in [1.165, 1.54) is 18.0 Å². The van der Waals surface area contributed by atoms with Crippen molar-refractivity contribution in [1.29, 1.82) is 0 Å². The number of amides is 2. The zero-order valence-electron chi connectivity index (χ0n) is 16.7. The summed E-state index contributed by atoms with van der Waals surface area (Å²) in [5, 5.41) is 10.3. The van der Waals surface area contributed by atoms with E-state index in [9.17, 15) is 9.59 Å². The lowest BCUT2D eigenvalue weighted by molar-refractivity contribution is -0.133. The Morgan fingerprint density at radius 3 is 2.55 bits per heavy atom. The van der Waals surface area contributed by atoms with Crippen LogP contribution in [0.1, 0.15) is 0 Å². The Morgan fingerprint density at radius 2 is 1.90 bits per heavy atom. The number of nitrogens with one attached hydrogen (secondary N) is 2. The number of ether oxygens (including phenoxy) is 1. The first-order valence-electron chi connectivity index (χ1n) is 9.07. The van der Waals surface area contributed by atoms with E-state index in [1.807, 2.05) is 12.1 Å². The molecule has 8 nitrogen and oxygen atoms in total. The van der Waals surface area contributed by atoms with Crippen LogP contribution in [0.25, 0.3) is 11.4 Å². The van der Waals surface area contributed by atoms with Gasteiger partial charge in [0.25, 0.3) is 0 Å². The summed E-state index contributed by atoms with van der Waals surface area (Å²) in [4.78, 5) is 26.3. The van der Waals surface area contributed by atoms with E-state index in [0.29, 0.717) is 32.1 Å². The third kappa shape index (κ3) is 5.63. The fourth-order valence-electron chi connectivity index (χ4n) is 2.76. The number of rotatable bonds is 7. The number of halogens is 2. The number of nitrogens with zero attached hydrogens (tertiary/aromatic N) is 3. The smallest absolute Gasteiger partial charge is 0.243 e. The van der Waals surface area contributed by atoms with E-state index < -0.39 is 0 Å². The van der Waals surface area contributed by atoms with E-state index in [0.717, 1.165) is 5.56 Å². The molecule has 3 aromatic rings. The fourth-order valence-corrected chi connectivity index (χ4v) is 3.25. The number of methoxy groups -OCH3 is 1. The van der Waals surface area contributed by atoms with E-state index >= 15 is 0 Å². The lowest BCUT2D eigenvalue weighted by atomic mass is 10.2. The van der Waals surface area contributed by atoms with Crippen LogP contribution in [0.4, 0.5) is 5.69 Å². The highest BCUT2D eigenvalue weighted by Crippen LogP contribution is 2.25. The van der Waals surface area contributed by atoms with Crippen LogP contribution < -0.4 is 10.1 Å². The number of H-pyrrole nitrogens is 1. The highest BCUT2D eigenvalue weighted by Gasteiger charge is 2.17. The normalized spacial score (nSPS) is 10.6. The standard InChI is InChI=1S/C20H19Cl2N5O3S/c1-26(10-17(28)23-13-5-8-15(21)16(22)9-13)18(29)11-27-19(24-25-20(27)31)12-3-6-14(30-2)7-4-12/h3-9H,10-11H2,1-2H3,(H,23,28)(H,25,31). The van der Waals surface area contributed by atoms with Crippen molar-refractivity contribution in [1.82, 2.24) is 19.7 Å². The van der Waals surface area contributed by atoms with Crippen molar-refractivity contribution in [2.75, 3.05) is 26.0 Å². The van der Waals surface area contributed by atoms with Crippen molar-refractivity contribution in [3.05, 3.63) is 57.3 Å². The molecule has 0 aliphatic carbocycles. The summed E-state index contributed by atoms with van der Waals surface area (Å²) in [6.07, 6.45) is 0. The Morgan fingerprint density at radius 1 is 1.19 bits per heavy atom. The van der Waals surface area contributed by atoms with Crippen LogP contribution in [-0.2, 0) is 16.1 Å². The number of carbonyl (C=O) groups excluding carboxylic acids is 2.